The van der Waals surface area contributed by atoms with Gasteiger partial charge in [-0.25, -0.2) is 0 Å². The topological polar surface area (TPSA) is 64.3 Å². The number of nitrogens with zero attached hydrogens (tertiary/aromatic N) is 3. The van der Waals surface area contributed by atoms with Crippen molar-refractivity contribution in [3.05, 3.63) is 17.0 Å². The highest BCUT2D eigenvalue weighted by atomic mass is 16.2. The molecular formula is C16H25N5O. The minimum Gasteiger partial charge on any atom is -0.331 e. The molecule has 3 aliphatic heterocycles. The lowest BCUT2D eigenvalue weighted by atomic mass is 10.0. The molecule has 22 heavy (non-hydrogen) atoms. The molecule has 120 valence electrons. The Kier molecular flexibility index (Phi) is 3.66. The molecule has 4 rings (SSSR count). The van der Waals surface area contributed by atoms with Crippen LogP contribution in [0.2, 0.25) is 0 Å². The molecule has 2 N–H and O–H groups in total. The first-order valence-corrected chi connectivity index (χ1v) is 8.59. The predicted molar refractivity (Wildman–Crippen MR) is 83.7 cm³/mol. The van der Waals surface area contributed by atoms with Gasteiger partial charge in [0.2, 0.25) is 0 Å². The van der Waals surface area contributed by atoms with Gasteiger partial charge in [-0.05, 0) is 25.8 Å². The number of carbonyl (C=O) groups is 1. The van der Waals surface area contributed by atoms with Gasteiger partial charge in [-0.15, -0.1) is 0 Å². The van der Waals surface area contributed by atoms with Gasteiger partial charge < -0.3 is 10.2 Å². The van der Waals surface area contributed by atoms with Crippen LogP contribution in [-0.4, -0.2) is 64.2 Å². The van der Waals surface area contributed by atoms with Gasteiger partial charge in [-0.2, -0.15) is 5.10 Å². The van der Waals surface area contributed by atoms with Crippen LogP contribution in [0.5, 0.6) is 0 Å². The Morgan fingerprint density at radius 1 is 1.41 bits per heavy atom. The maximum Gasteiger partial charge on any atom is 0.275 e. The van der Waals surface area contributed by atoms with E-state index in [4.69, 9.17) is 0 Å². The van der Waals surface area contributed by atoms with E-state index in [1.807, 2.05) is 0 Å². The third kappa shape index (κ3) is 2.25. The highest BCUT2D eigenvalue weighted by Gasteiger charge is 2.39. The molecule has 1 aromatic heterocycles. The maximum atomic E-state index is 13.1. The quantitative estimate of drug-likeness (QED) is 0.846. The van der Waals surface area contributed by atoms with E-state index in [9.17, 15) is 4.79 Å². The fourth-order valence-electron chi connectivity index (χ4n) is 4.22. The molecule has 0 bridgehead atoms. The summed E-state index contributed by atoms with van der Waals surface area (Å²) in [5.74, 6) is 0.125. The van der Waals surface area contributed by atoms with E-state index < -0.39 is 0 Å². The van der Waals surface area contributed by atoms with Crippen LogP contribution in [0.4, 0.5) is 0 Å². The van der Waals surface area contributed by atoms with E-state index in [-0.39, 0.29) is 5.91 Å². The molecule has 3 aliphatic rings. The summed E-state index contributed by atoms with van der Waals surface area (Å²) in [7, 11) is 0. The molecule has 1 amide bonds. The van der Waals surface area contributed by atoms with Gasteiger partial charge in [-0.1, -0.05) is 6.92 Å². The Balaban J connectivity index is 1.59. The van der Waals surface area contributed by atoms with Crippen molar-refractivity contribution in [1.82, 2.24) is 25.3 Å². The van der Waals surface area contributed by atoms with Crippen molar-refractivity contribution in [2.45, 2.75) is 51.2 Å². The van der Waals surface area contributed by atoms with Gasteiger partial charge in [0, 0.05) is 55.9 Å². The lowest BCUT2D eigenvalue weighted by Gasteiger charge is -2.43. The highest BCUT2D eigenvalue weighted by Crippen LogP contribution is 2.28. The van der Waals surface area contributed by atoms with Crippen LogP contribution in [-0.2, 0) is 13.0 Å². The molecule has 4 heterocycles. The molecule has 0 aliphatic carbocycles. The van der Waals surface area contributed by atoms with E-state index in [0.717, 1.165) is 50.3 Å². The summed E-state index contributed by atoms with van der Waals surface area (Å²) in [6.45, 7) is 6.99. The van der Waals surface area contributed by atoms with Crippen molar-refractivity contribution in [2.24, 2.45) is 0 Å². The van der Waals surface area contributed by atoms with Gasteiger partial charge in [-0.3, -0.25) is 14.8 Å². The Labute approximate surface area is 131 Å². The van der Waals surface area contributed by atoms with Gasteiger partial charge in [0.1, 0.15) is 0 Å². The third-order valence-electron chi connectivity index (χ3n) is 5.53. The average Bonchev–Trinajstić information content (AvgIpc) is 3.19. The fourth-order valence-corrected chi connectivity index (χ4v) is 4.22. The number of amides is 1. The van der Waals surface area contributed by atoms with Crippen LogP contribution in [0.25, 0.3) is 0 Å². The van der Waals surface area contributed by atoms with Crippen LogP contribution in [0, 0.1) is 0 Å². The summed E-state index contributed by atoms with van der Waals surface area (Å²) in [4.78, 5) is 17.8. The van der Waals surface area contributed by atoms with E-state index >= 15 is 0 Å². The molecular weight excluding hydrogens is 278 g/mol. The first-order chi connectivity index (χ1) is 10.8. The van der Waals surface area contributed by atoms with Crippen LogP contribution in [0.15, 0.2) is 0 Å². The summed E-state index contributed by atoms with van der Waals surface area (Å²) in [6, 6.07) is 0.880. The number of nitrogens with one attached hydrogen (secondary N) is 2. The van der Waals surface area contributed by atoms with E-state index in [1.54, 1.807) is 0 Å². The number of carbonyl (C=O) groups excluding carboxylic acids is 1. The molecule has 6 heteroatoms. The number of aromatic amines is 1. The van der Waals surface area contributed by atoms with Gasteiger partial charge in [0.25, 0.3) is 5.91 Å². The van der Waals surface area contributed by atoms with E-state index in [2.05, 4.69) is 32.2 Å². The van der Waals surface area contributed by atoms with Crippen molar-refractivity contribution in [1.29, 1.82) is 0 Å². The number of hydrogen-bond donors (Lipinski definition) is 2. The van der Waals surface area contributed by atoms with Crippen molar-refractivity contribution >= 4 is 5.91 Å². The standard InChI is InChI=1S/C16H25N5O/c1-2-11-9-20-7-3-4-12(20)10-21(11)16(22)15-13-8-17-6-5-14(13)18-19-15/h11-12,17H,2-10H2,1H3,(H,18,19). The van der Waals surface area contributed by atoms with Crippen molar-refractivity contribution in [2.75, 3.05) is 26.2 Å². The lowest BCUT2D eigenvalue weighted by Crippen LogP contribution is -2.57. The SMILES string of the molecule is CCC1CN2CCCC2CN1C(=O)c1n[nH]c2c1CNCC2. The van der Waals surface area contributed by atoms with Crippen molar-refractivity contribution < 1.29 is 4.79 Å². The maximum absolute atomic E-state index is 13.1. The van der Waals surface area contributed by atoms with Gasteiger partial charge in [0.05, 0.1) is 0 Å². The predicted octanol–water partition coefficient (Wildman–Crippen LogP) is 0.754. The molecule has 0 saturated carbocycles. The number of H-pyrrole nitrogens is 1. The third-order valence-corrected chi connectivity index (χ3v) is 5.53. The second-order valence-corrected chi connectivity index (χ2v) is 6.77. The highest BCUT2D eigenvalue weighted by molar-refractivity contribution is 5.94. The summed E-state index contributed by atoms with van der Waals surface area (Å²) in [5.41, 5.74) is 2.86. The van der Waals surface area contributed by atoms with Gasteiger partial charge in [0.15, 0.2) is 5.69 Å². The number of aromatic nitrogens is 2. The lowest BCUT2D eigenvalue weighted by molar-refractivity contribution is 0.0339. The summed E-state index contributed by atoms with van der Waals surface area (Å²) < 4.78 is 0. The van der Waals surface area contributed by atoms with Crippen LogP contribution < -0.4 is 5.32 Å². The first-order valence-electron chi connectivity index (χ1n) is 8.59. The summed E-state index contributed by atoms with van der Waals surface area (Å²) in [6.07, 6.45) is 4.44. The summed E-state index contributed by atoms with van der Waals surface area (Å²) in [5, 5.41) is 10.8. The average molecular weight is 303 g/mol. The van der Waals surface area contributed by atoms with Crippen molar-refractivity contribution in [3.63, 3.8) is 0 Å². The Bertz CT molecular complexity index is 569. The first kappa shape index (κ1) is 14.2. The minimum atomic E-state index is 0.125. The monoisotopic (exact) mass is 303 g/mol. The smallest absolute Gasteiger partial charge is 0.275 e. The zero-order valence-electron chi connectivity index (χ0n) is 13.3. The summed E-state index contributed by atoms with van der Waals surface area (Å²) >= 11 is 0. The second kappa shape index (κ2) is 5.66. The van der Waals surface area contributed by atoms with Crippen LogP contribution in [0.1, 0.15) is 47.9 Å². The van der Waals surface area contributed by atoms with Crippen LogP contribution >= 0.6 is 0 Å². The molecule has 2 unspecified atom stereocenters. The molecule has 2 fully saturated rings. The Morgan fingerprint density at radius 2 is 2.32 bits per heavy atom. The zero-order valence-corrected chi connectivity index (χ0v) is 13.3. The second-order valence-electron chi connectivity index (χ2n) is 6.77. The fraction of sp³-hybridized carbons (Fsp3) is 0.750. The van der Waals surface area contributed by atoms with E-state index in [0.29, 0.717) is 17.8 Å². The molecule has 0 spiro atoms. The largest absolute Gasteiger partial charge is 0.331 e. The normalized spacial score (nSPS) is 28.5. The Morgan fingerprint density at radius 3 is 3.18 bits per heavy atom. The Hall–Kier alpha value is -1.40. The molecule has 6 nitrogen and oxygen atoms in total. The number of hydrogen-bond acceptors (Lipinski definition) is 4. The zero-order chi connectivity index (χ0) is 15.1. The molecule has 2 atom stereocenters. The number of piperazine rings is 1. The molecule has 1 aromatic rings. The minimum absolute atomic E-state index is 0.125. The van der Waals surface area contributed by atoms with Gasteiger partial charge >= 0.3 is 0 Å². The molecule has 0 radical (unpaired) electrons. The van der Waals surface area contributed by atoms with Crippen LogP contribution in [0.3, 0.4) is 0 Å². The number of rotatable bonds is 2. The van der Waals surface area contributed by atoms with E-state index in [1.165, 1.54) is 19.4 Å². The van der Waals surface area contributed by atoms with Crippen molar-refractivity contribution in [3.8, 4) is 0 Å². The number of fused-ring (bicyclic) bond motifs is 2. The molecule has 0 aromatic carbocycles. The molecule has 2 saturated heterocycles.